The number of carbonyl (C=O) groups is 1. The third-order valence-corrected chi connectivity index (χ3v) is 5.84. The van der Waals surface area contributed by atoms with Gasteiger partial charge < -0.3 is 4.90 Å². The molecule has 1 amide bonds. The Morgan fingerprint density at radius 3 is 2.42 bits per heavy atom. The van der Waals surface area contributed by atoms with Crippen molar-refractivity contribution >= 4 is 21.6 Å². The summed E-state index contributed by atoms with van der Waals surface area (Å²) in [5.41, 5.74) is 3.07. The van der Waals surface area contributed by atoms with Crippen LogP contribution in [0.4, 0.5) is 5.69 Å². The molecular formula is C18H20N2O3S. The maximum atomic E-state index is 12.4. The number of rotatable bonds is 4. The first-order valence-corrected chi connectivity index (χ1v) is 9.30. The molecule has 0 bridgehead atoms. The van der Waals surface area contributed by atoms with E-state index >= 15 is 0 Å². The van der Waals surface area contributed by atoms with Crippen molar-refractivity contribution in [1.82, 2.24) is 4.72 Å². The number of nitrogens with one attached hydrogen (secondary N) is 1. The summed E-state index contributed by atoms with van der Waals surface area (Å²) < 4.78 is 27.4. The number of benzene rings is 2. The average Bonchev–Trinajstić information content (AvgIpc) is 2.90. The zero-order valence-corrected chi connectivity index (χ0v) is 14.5. The fourth-order valence-electron chi connectivity index (χ4n) is 2.82. The molecule has 1 heterocycles. The molecule has 1 atom stereocenters. The van der Waals surface area contributed by atoms with Crippen LogP contribution in [0.1, 0.15) is 17.5 Å². The van der Waals surface area contributed by atoms with E-state index in [0.717, 1.165) is 16.8 Å². The summed E-state index contributed by atoms with van der Waals surface area (Å²) in [5.74, 6) is -0.0704. The number of hydrogen-bond donors (Lipinski definition) is 1. The molecule has 2 aromatic carbocycles. The first-order valence-electron chi connectivity index (χ1n) is 7.82. The van der Waals surface area contributed by atoms with Gasteiger partial charge in [0.15, 0.2) is 0 Å². The van der Waals surface area contributed by atoms with Crippen LogP contribution in [0.5, 0.6) is 0 Å². The van der Waals surface area contributed by atoms with Crippen LogP contribution in [0, 0.1) is 13.8 Å². The number of nitrogens with zero attached hydrogens (tertiary/aromatic N) is 1. The lowest BCUT2D eigenvalue weighted by molar-refractivity contribution is -0.117. The van der Waals surface area contributed by atoms with Gasteiger partial charge in [0.1, 0.15) is 0 Å². The van der Waals surface area contributed by atoms with Gasteiger partial charge in [0.2, 0.25) is 15.9 Å². The van der Waals surface area contributed by atoms with Crippen LogP contribution < -0.4 is 9.62 Å². The fourth-order valence-corrected chi connectivity index (χ4v) is 4.06. The monoisotopic (exact) mass is 344 g/mol. The quantitative estimate of drug-likeness (QED) is 0.926. The summed E-state index contributed by atoms with van der Waals surface area (Å²) in [6.07, 6.45) is 0.166. The highest BCUT2D eigenvalue weighted by molar-refractivity contribution is 7.89. The Balaban J connectivity index is 1.76. The van der Waals surface area contributed by atoms with Gasteiger partial charge in [-0.3, -0.25) is 4.79 Å². The Labute approximate surface area is 142 Å². The molecule has 1 N–H and O–H groups in total. The molecule has 6 heteroatoms. The topological polar surface area (TPSA) is 66.5 Å². The molecule has 3 rings (SSSR count). The van der Waals surface area contributed by atoms with E-state index < -0.39 is 16.1 Å². The maximum absolute atomic E-state index is 12.4. The lowest BCUT2D eigenvalue weighted by Crippen LogP contribution is -2.37. The first-order chi connectivity index (χ1) is 11.4. The number of carbonyl (C=O) groups excluding carboxylic acids is 1. The third-order valence-electron chi connectivity index (χ3n) is 4.30. The summed E-state index contributed by atoms with van der Waals surface area (Å²) in [5, 5.41) is 0. The maximum Gasteiger partial charge on any atom is 0.240 e. The molecule has 0 aromatic heterocycles. The number of anilines is 1. The molecule has 1 unspecified atom stereocenters. The van der Waals surface area contributed by atoms with Crippen molar-refractivity contribution in [2.45, 2.75) is 31.2 Å². The van der Waals surface area contributed by atoms with Gasteiger partial charge in [-0.15, -0.1) is 0 Å². The molecule has 5 nitrogen and oxygen atoms in total. The summed E-state index contributed by atoms with van der Waals surface area (Å²) >= 11 is 0. The van der Waals surface area contributed by atoms with E-state index in [1.54, 1.807) is 35.2 Å². The van der Waals surface area contributed by atoms with E-state index in [1.807, 2.05) is 32.0 Å². The number of aryl methyl sites for hydroxylation is 2. The largest absolute Gasteiger partial charge is 0.311 e. The number of amides is 1. The van der Waals surface area contributed by atoms with E-state index in [9.17, 15) is 13.2 Å². The Hall–Kier alpha value is -2.18. The van der Waals surface area contributed by atoms with Gasteiger partial charge in [0.25, 0.3) is 0 Å². The second-order valence-electron chi connectivity index (χ2n) is 6.11. The molecule has 2 aromatic rings. The highest BCUT2D eigenvalue weighted by Crippen LogP contribution is 2.24. The zero-order valence-electron chi connectivity index (χ0n) is 13.7. The smallest absolute Gasteiger partial charge is 0.240 e. The third kappa shape index (κ3) is 3.34. The van der Waals surface area contributed by atoms with Crippen molar-refractivity contribution in [3.63, 3.8) is 0 Å². The van der Waals surface area contributed by atoms with Crippen LogP contribution in [0.3, 0.4) is 0 Å². The Morgan fingerprint density at radius 2 is 1.75 bits per heavy atom. The SMILES string of the molecule is Cc1ccc(N2CC(NS(=O)(=O)c3ccccc3)CC2=O)cc1C. The van der Waals surface area contributed by atoms with Crippen molar-refractivity contribution in [1.29, 1.82) is 0 Å². The van der Waals surface area contributed by atoms with Crippen LogP contribution in [0.2, 0.25) is 0 Å². The predicted molar refractivity (Wildman–Crippen MR) is 93.4 cm³/mol. The minimum Gasteiger partial charge on any atom is -0.311 e. The van der Waals surface area contributed by atoms with Gasteiger partial charge >= 0.3 is 0 Å². The Morgan fingerprint density at radius 1 is 1.04 bits per heavy atom. The van der Waals surface area contributed by atoms with Gasteiger partial charge in [-0.2, -0.15) is 0 Å². The van der Waals surface area contributed by atoms with Gasteiger partial charge in [-0.05, 0) is 49.2 Å². The van der Waals surface area contributed by atoms with Gasteiger partial charge in [0, 0.05) is 24.7 Å². The fraction of sp³-hybridized carbons (Fsp3) is 0.278. The molecule has 1 aliphatic rings. The number of hydrogen-bond acceptors (Lipinski definition) is 3. The molecule has 1 aliphatic heterocycles. The van der Waals surface area contributed by atoms with Crippen LogP contribution in [-0.4, -0.2) is 26.9 Å². The van der Waals surface area contributed by atoms with Crippen molar-refractivity contribution < 1.29 is 13.2 Å². The van der Waals surface area contributed by atoms with Crippen LogP contribution >= 0.6 is 0 Å². The summed E-state index contributed by atoms with van der Waals surface area (Å²) in [7, 11) is -3.62. The number of sulfonamides is 1. The molecule has 0 spiro atoms. The predicted octanol–water partition coefficient (Wildman–Crippen LogP) is 2.39. The van der Waals surface area contributed by atoms with Gasteiger partial charge in [0.05, 0.1) is 4.90 Å². The molecule has 1 saturated heterocycles. The van der Waals surface area contributed by atoms with E-state index in [1.165, 1.54) is 0 Å². The van der Waals surface area contributed by atoms with Crippen LogP contribution in [0.15, 0.2) is 53.4 Å². The van der Waals surface area contributed by atoms with E-state index in [0.29, 0.717) is 6.54 Å². The van der Waals surface area contributed by atoms with Crippen LogP contribution in [-0.2, 0) is 14.8 Å². The minimum absolute atomic E-state index is 0.0704. The molecule has 126 valence electrons. The molecule has 0 radical (unpaired) electrons. The molecule has 1 fully saturated rings. The van der Waals surface area contributed by atoms with Crippen LogP contribution in [0.25, 0.3) is 0 Å². The second-order valence-corrected chi connectivity index (χ2v) is 7.82. The Kier molecular flexibility index (Phi) is 4.43. The van der Waals surface area contributed by atoms with E-state index in [2.05, 4.69) is 4.72 Å². The molecule has 0 aliphatic carbocycles. The lowest BCUT2D eigenvalue weighted by Gasteiger charge is -2.18. The lowest BCUT2D eigenvalue weighted by atomic mass is 10.1. The molecule has 0 saturated carbocycles. The van der Waals surface area contributed by atoms with Crippen molar-refractivity contribution in [2.24, 2.45) is 0 Å². The standard InChI is InChI=1S/C18H20N2O3S/c1-13-8-9-16(10-14(13)2)20-12-15(11-18(20)21)19-24(22,23)17-6-4-3-5-7-17/h3-10,15,19H,11-12H2,1-2H3. The zero-order chi connectivity index (χ0) is 17.3. The molecular weight excluding hydrogens is 324 g/mol. The average molecular weight is 344 g/mol. The van der Waals surface area contributed by atoms with E-state index in [4.69, 9.17) is 0 Å². The van der Waals surface area contributed by atoms with E-state index in [-0.39, 0.29) is 17.2 Å². The summed E-state index contributed by atoms with van der Waals surface area (Å²) in [4.78, 5) is 14.1. The second kappa shape index (κ2) is 6.37. The van der Waals surface area contributed by atoms with Gasteiger partial charge in [-0.1, -0.05) is 24.3 Å². The molecule has 24 heavy (non-hydrogen) atoms. The van der Waals surface area contributed by atoms with Gasteiger partial charge in [-0.25, -0.2) is 13.1 Å². The van der Waals surface area contributed by atoms with Crippen molar-refractivity contribution in [3.8, 4) is 0 Å². The minimum atomic E-state index is -3.62. The van der Waals surface area contributed by atoms with Crippen molar-refractivity contribution in [2.75, 3.05) is 11.4 Å². The Bertz CT molecular complexity index is 863. The summed E-state index contributed by atoms with van der Waals surface area (Å²) in [6, 6.07) is 13.6. The highest BCUT2D eigenvalue weighted by atomic mass is 32.2. The first kappa shape index (κ1) is 16.7. The summed E-state index contributed by atoms with van der Waals surface area (Å²) in [6.45, 7) is 4.35. The highest BCUT2D eigenvalue weighted by Gasteiger charge is 2.33. The normalized spacial score (nSPS) is 18.2. The van der Waals surface area contributed by atoms with Crippen molar-refractivity contribution in [3.05, 3.63) is 59.7 Å².